The highest BCUT2D eigenvalue weighted by Gasteiger charge is 2.23. The van der Waals surface area contributed by atoms with Crippen molar-refractivity contribution in [2.24, 2.45) is 11.7 Å². The van der Waals surface area contributed by atoms with Crippen molar-refractivity contribution in [3.05, 3.63) is 23.8 Å². The van der Waals surface area contributed by atoms with Gasteiger partial charge in [-0.15, -0.1) is 0 Å². The van der Waals surface area contributed by atoms with Crippen LogP contribution in [0.25, 0.3) is 0 Å². The lowest BCUT2D eigenvalue weighted by atomic mass is 9.96. The van der Waals surface area contributed by atoms with Gasteiger partial charge in [-0.3, -0.25) is 4.79 Å². The fourth-order valence-corrected chi connectivity index (χ4v) is 2.79. The maximum absolute atomic E-state index is 12.7. The number of hydrogen-bond donors (Lipinski definition) is 1. The average Bonchev–Trinajstić information content (AvgIpc) is 2.60. The first-order valence-corrected chi connectivity index (χ1v) is 8.58. The number of hydrogen-bond acceptors (Lipinski definition) is 4. The summed E-state index contributed by atoms with van der Waals surface area (Å²) in [5.41, 5.74) is 6.37. The molecule has 0 spiro atoms. The second kappa shape index (κ2) is 8.77. The fraction of sp³-hybridized carbons (Fsp3) is 0.611. The summed E-state index contributed by atoms with van der Waals surface area (Å²) in [6, 6.07) is 5.46. The van der Waals surface area contributed by atoms with Crippen molar-refractivity contribution in [2.45, 2.75) is 33.1 Å². The Hall–Kier alpha value is -1.75. The van der Waals surface area contributed by atoms with Gasteiger partial charge < -0.3 is 20.1 Å². The summed E-state index contributed by atoms with van der Waals surface area (Å²) in [6.45, 7) is 7.43. The Morgan fingerprint density at radius 2 is 1.96 bits per heavy atom. The number of benzene rings is 1. The van der Waals surface area contributed by atoms with Crippen LogP contribution in [-0.4, -0.2) is 43.7 Å². The SMILES string of the molecule is CCCOc1ccc(C(=O)N2CCC(CN)CC2)cc1OCC. The minimum atomic E-state index is 0.0588. The van der Waals surface area contributed by atoms with Crippen LogP contribution in [0.15, 0.2) is 18.2 Å². The maximum atomic E-state index is 12.7. The summed E-state index contributed by atoms with van der Waals surface area (Å²) >= 11 is 0. The largest absolute Gasteiger partial charge is 0.490 e. The van der Waals surface area contributed by atoms with E-state index in [1.54, 1.807) is 6.07 Å². The molecule has 1 aliphatic rings. The normalized spacial score (nSPS) is 15.5. The summed E-state index contributed by atoms with van der Waals surface area (Å²) in [4.78, 5) is 14.6. The topological polar surface area (TPSA) is 64.8 Å². The molecule has 0 aromatic heterocycles. The lowest BCUT2D eigenvalue weighted by molar-refractivity contribution is 0.0693. The van der Waals surface area contributed by atoms with Gasteiger partial charge in [0.1, 0.15) is 0 Å². The number of carbonyl (C=O) groups excluding carboxylic acids is 1. The smallest absolute Gasteiger partial charge is 0.253 e. The molecule has 0 bridgehead atoms. The van der Waals surface area contributed by atoms with Crippen molar-refractivity contribution in [1.29, 1.82) is 0 Å². The predicted molar refractivity (Wildman–Crippen MR) is 91.1 cm³/mol. The summed E-state index contributed by atoms with van der Waals surface area (Å²) < 4.78 is 11.3. The van der Waals surface area contributed by atoms with E-state index in [2.05, 4.69) is 6.92 Å². The van der Waals surface area contributed by atoms with Gasteiger partial charge in [-0.1, -0.05) is 6.92 Å². The molecule has 0 atom stereocenters. The van der Waals surface area contributed by atoms with E-state index in [4.69, 9.17) is 15.2 Å². The number of piperidine rings is 1. The molecule has 128 valence electrons. The summed E-state index contributed by atoms with van der Waals surface area (Å²) in [5, 5.41) is 0. The summed E-state index contributed by atoms with van der Waals surface area (Å²) in [7, 11) is 0. The Balaban J connectivity index is 2.09. The van der Waals surface area contributed by atoms with E-state index in [9.17, 15) is 4.79 Å². The average molecular weight is 320 g/mol. The van der Waals surface area contributed by atoms with Crippen LogP contribution in [-0.2, 0) is 0 Å². The fourth-order valence-electron chi connectivity index (χ4n) is 2.79. The first-order valence-electron chi connectivity index (χ1n) is 8.58. The Kier molecular flexibility index (Phi) is 6.71. The highest BCUT2D eigenvalue weighted by Crippen LogP contribution is 2.29. The Bertz CT molecular complexity index is 511. The lowest BCUT2D eigenvalue weighted by Gasteiger charge is -2.31. The molecule has 2 N–H and O–H groups in total. The molecule has 2 rings (SSSR count). The van der Waals surface area contributed by atoms with Crippen LogP contribution >= 0.6 is 0 Å². The van der Waals surface area contributed by atoms with Gasteiger partial charge in [0.15, 0.2) is 11.5 Å². The van der Waals surface area contributed by atoms with Gasteiger partial charge in [0.25, 0.3) is 5.91 Å². The van der Waals surface area contributed by atoms with Gasteiger partial charge in [-0.25, -0.2) is 0 Å². The Morgan fingerprint density at radius 1 is 1.22 bits per heavy atom. The van der Waals surface area contributed by atoms with Crippen molar-refractivity contribution < 1.29 is 14.3 Å². The summed E-state index contributed by atoms with van der Waals surface area (Å²) in [6.07, 6.45) is 2.90. The second-order valence-electron chi connectivity index (χ2n) is 5.91. The van der Waals surface area contributed by atoms with E-state index in [-0.39, 0.29) is 5.91 Å². The number of carbonyl (C=O) groups is 1. The molecule has 1 saturated heterocycles. The summed E-state index contributed by atoms with van der Waals surface area (Å²) in [5.74, 6) is 1.95. The van der Waals surface area contributed by atoms with Gasteiger partial charge in [0.05, 0.1) is 13.2 Å². The third-order valence-electron chi connectivity index (χ3n) is 4.19. The molecule has 1 aliphatic heterocycles. The van der Waals surface area contributed by atoms with Gasteiger partial charge in [-0.05, 0) is 56.8 Å². The first-order chi connectivity index (χ1) is 11.2. The number of ether oxygens (including phenoxy) is 2. The van der Waals surface area contributed by atoms with E-state index in [1.165, 1.54) is 0 Å². The molecule has 0 radical (unpaired) electrons. The van der Waals surface area contributed by atoms with Gasteiger partial charge in [0, 0.05) is 18.7 Å². The molecule has 1 heterocycles. The predicted octanol–water partition coefficient (Wildman–Crippen LogP) is 2.69. The van der Waals surface area contributed by atoms with Gasteiger partial charge >= 0.3 is 0 Å². The standard InChI is InChI=1S/C18H28N2O3/c1-3-11-23-16-6-5-15(12-17(16)22-4-2)18(21)20-9-7-14(13-19)8-10-20/h5-6,12,14H,3-4,7-11,13,19H2,1-2H3. The van der Waals surface area contributed by atoms with E-state index >= 15 is 0 Å². The van der Waals surface area contributed by atoms with E-state index in [1.807, 2.05) is 24.0 Å². The maximum Gasteiger partial charge on any atom is 0.253 e. The van der Waals surface area contributed by atoms with Crippen LogP contribution in [0.2, 0.25) is 0 Å². The lowest BCUT2D eigenvalue weighted by Crippen LogP contribution is -2.40. The molecule has 0 unspecified atom stereocenters. The first kappa shape index (κ1) is 17.6. The van der Waals surface area contributed by atoms with Crippen molar-refractivity contribution >= 4 is 5.91 Å². The molecule has 5 nitrogen and oxygen atoms in total. The van der Waals surface area contributed by atoms with E-state index in [0.717, 1.165) is 32.4 Å². The molecule has 1 fully saturated rings. The molecule has 0 saturated carbocycles. The number of amides is 1. The van der Waals surface area contributed by atoms with E-state index < -0.39 is 0 Å². The monoisotopic (exact) mass is 320 g/mol. The highest BCUT2D eigenvalue weighted by molar-refractivity contribution is 5.95. The van der Waals surface area contributed by atoms with Gasteiger partial charge in [0.2, 0.25) is 0 Å². The van der Waals surface area contributed by atoms with Crippen molar-refractivity contribution in [2.75, 3.05) is 32.8 Å². The highest BCUT2D eigenvalue weighted by atomic mass is 16.5. The number of rotatable bonds is 7. The van der Waals surface area contributed by atoms with Crippen LogP contribution in [0.5, 0.6) is 11.5 Å². The van der Waals surface area contributed by atoms with Crippen LogP contribution in [0, 0.1) is 5.92 Å². The molecule has 23 heavy (non-hydrogen) atoms. The van der Waals surface area contributed by atoms with Crippen LogP contribution in [0.3, 0.4) is 0 Å². The van der Waals surface area contributed by atoms with Gasteiger partial charge in [-0.2, -0.15) is 0 Å². The Labute approximate surface area is 138 Å². The zero-order valence-corrected chi connectivity index (χ0v) is 14.2. The van der Waals surface area contributed by atoms with Crippen molar-refractivity contribution in [1.82, 2.24) is 4.90 Å². The van der Waals surface area contributed by atoms with E-state index in [0.29, 0.717) is 42.7 Å². The molecule has 1 aromatic rings. The quantitative estimate of drug-likeness (QED) is 0.839. The minimum absolute atomic E-state index is 0.0588. The third kappa shape index (κ3) is 4.61. The number of likely N-dealkylation sites (tertiary alicyclic amines) is 1. The molecular weight excluding hydrogens is 292 g/mol. The zero-order valence-electron chi connectivity index (χ0n) is 14.2. The van der Waals surface area contributed by atoms with Crippen LogP contribution in [0.4, 0.5) is 0 Å². The van der Waals surface area contributed by atoms with Crippen molar-refractivity contribution in [3.8, 4) is 11.5 Å². The Morgan fingerprint density at radius 3 is 2.57 bits per heavy atom. The second-order valence-corrected chi connectivity index (χ2v) is 5.91. The van der Waals surface area contributed by atoms with Crippen LogP contribution < -0.4 is 15.2 Å². The minimum Gasteiger partial charge on any atom is -0.490 e. The molecule has 1 amide bonds. The molecule has 0 aliphatic carbocycles. The number of nitrogens with two attached hydrogens (primary N) is 1. The zero-order chi connectivity index (χ0) is 16.7. The molecular formula is C18H28N2O3. The van der Waals surface area contributed by atoms with Crippen LogP contribution in [0.1, 0.15) is 43.5 Å². The number of nitrogens with zero attached hydrogens (tertiary/aromatic N) is 1. The molecule has 1 aromatic carbocycles. The van der Waals surface area contributed by atoms with Crippen molar-refractivity contribution in [3.63, 3.8) is 0 Å². The third-order valence-corrected chi connectivity index (χ3v) is 4.19. The molecule has 5 heteroatoms.